The molecule has 22 heavy (non-hydrogen) atoms. The molecule has 0 spiro atoms. The minimum atomic E-state index is 0.286. The fourth-order valence-corrected chi connectivity index (χ4v) is 2.80. The van der Waals surface area contributed by atoms with E-state index in [0.29, 0.717) is 18.8 Å². The Kier molecular flexibility index (Phi) is 3.72. The Hall–Kier alpha value is -1.30. The molecule has 3 heterocycles. The summed E-state index contributed by atoms with van der Waals surface area (Å²) in [6, 6.07) is 4.42. The first-order chi connectivity index (χ1) is 10.7. The molecule has 120 valence electrons. The second-order valence-electron chi connectivity index (χ2n) is 6.49. The Morgan fingerprint density at radius 1 is 0.955 bits per heavy atom. The summed E-state index contributed by atoms with van der Waals surface area (Å²) in [5, 5.41) is 0. The van der Waals surface area contributed by atoms with E-state index < -0.39 is 0 Å². The maximum Gasteiger partial charge on any atom is 0.125 e. The third-order valence-electron chi connectivity index (χ3n) is 4.28. The van der Waals surface area contributed by atoms with E-state index in [2.05, 4.69) is 30.9 Å². The van der Waals surface area contributed by atoms with Gasteiger partial charge in [0.2, 0.25) is 0 Å². The van der Waals surface area contributed by atoms with Crippen LogP contribution in [0.15, 0.2) is 12.1 Å². The second kappa shape index (κ2) is 5.72. The monoisotopic (exact) mass is 305 g/mol. The Morgan fingerprint density at radius 3 is 1.91 bits per heavy atom. The van der Waals surface area contributed by atoms with Gasteiger partial charge in [-0.05, 0) is 37.1 Å². The van der Waals surface area contributed by atoms with Gasteiger partial charge in [-0.15, -0.1) is 0 Å². The molecule has 3 saturated heterocycles. The first-order valence-corrected chi connectivity index (χ1v) is 8.03. The number of hydrogen-bond donors (Lipinski definition) is 0. The van der Waals surface area contributed by atoms with Crippen LogP contribution in [0.25, 0.3) is 0 Å². The number of benzene rings is 1. The summed E-state index contributed by atoms with van der Waals surface area (Å²) in [6.07, 6.45) is 1.04. The van der Waals surface area contributed by atoms with Crippen LogP contribution < -0.4 is 9.64 Å². The van der Waals surface area contributed by atoms with Crippen molar-refractivity contribution in [3.63, 3.8) is 0 Å². The van der Waals surface area contributed by atoms with E-state index in [1.165, 1.54) is 16.8 Å². The largest absolute Gasteiger partial charge is 0.490 e. The quantitative estimate of drug-likeness (QED) is 0.684. The molecule has 1 aromatic carbocycles. The summed E-state index contributed by atoms with van der Waals surface area (Å²) in [5.74, 6) is 0.990. The standard InChI is InChI=1S/C17H23NO4/c1-11-3-13(4-12(2)17(11)22-10-16-9-21-16)18(5-14-7-19-14)6-15-8-20-15/h3-4,14-16H,5-10H2,1-2H3. The van der Waals surface area contributed by atoms with Crippen molar-refractivity contribution < 1.29 is 18.9 Å². The van der Waals surface area contributed by atoms with Crippen LogP contribution in [0.5, 0.6) is 5.75 Å². The number of aryl methyl sites for hydroxylation is 2. The lowest BCUT2D eigenvalue weighted by Gasteiger charge is -2.25. The molecule has 4 rings (SSSR count). The number of nitrogens with zero attached hydrogens (tertiary/aromatic N) is 1. The lowest BCUT2D eigenvalue weighted by atomic mass is 10.1. The molecule has 3 aliphatic heterocycles. The number of epoxide rings is 3. The Morgan fingerprint density at radius 2 is 1.45 bits per heavy atom. The summed E-state index contributed by atoms with van der Waals surface area (Å²) < 4.78 is 21.9. The van der Waals surface area contributed by atoms with E-state index in [-0.39, 0.29) is 6.10 Å². The van der Waals surface area contributed by atoms with Crippen LogP contribution >= 0.6 is 0 Å². The molecule has 1 aromatic rings. The van der Waals surface area contributed by atoms with Crippen molar-refractivity contribution in [2.45, 2.75) is 32.2 Å². The summed E-state index contributed by atoms with van der Waals surface area (Å²) in [4.78, 5) is 2.38. The van der Waals surface area contributed by atoms with Crippen molar-refractivity contribution in [2.75, 3.05) is 44.4 Å². The van der Waals surface area contributed by atoms with Gasteiger partial charge in [-0.2, -0.15) is 0 Å². The van der Waals surface area contributed by atoms with E-state index in [0.717, 1.165) is 38.7 Å². The van der Waals surface area contributed by atoms with Gasteiger partial charge in [-0.25, -0.2) is 0 Å². The predicted molar refractivity (Wildman–Crippen MR) is 82.8 cm³/mol. The second-order valence-corrected chi connectivity index (χ2v) is 6.49. The fraction of sp³-hybridized carbons (Fsp3) is 0.647. The number of hydrogen-bond acceptors (Lipinski definition) is 5. The zero-order valence-corrected chi connectivity index (χ0v) is 13.2. The molecule has 0 aliphatic carbocycles. The van der Waals surface area contributed by atoms with Crippen LogP contribution in [0.3, 0.4) is 0 Å². The summed E-state index contributed by atoms with van der Waals surface area (Å²) in [5.41, 5.74) is 3.58. The number of ether oxygens (including phenoxy) is 4. The Bertz CT molecular complexity index is 513. The topological polar surface area (TPSA) is 50.1 Å². The maximum atomic E-state index is 5.92. The average molecular weight is 305 g/mol. The highest BCUT2D eigenvalue weighted by atomic mass is 16.6. The van der Waals surface area contributed by atoms with Gasteiger partial charge >= 0.3 is 0 Å². The third kappa shape index (κ3) is 3.54. The average Bonchev–Trinajstić information content (AvgIpc) is 3.34. The number of anilines is 1. The molecule has 3 fully saturated rings. The van der Waals surface area contributed by atoms with Crippen LogP contribution in [-0.4, -0.2) is 57.8 Å². The molecule has 3 unspecified atom stereocenters. The van der Waals surface area contributed by atoms with Crippen LogP contribution in [0.4, 0.5) is 5.69 Å². The highest BCUT2D eigenvalue weighted by Gasteiger charge is 2.31. The lowest BCUT2D eigenvalue weighted by molar-refractivity contribution is 0.260. The first kappa shape index (κ1) is 14.3. The van der Waals surface area contributed by atoms with Gasteiger partial charge in [0.05, 0.1) is 32.0 Å². The van der Waals surface area contributed by atoms with Crippen LogP contribution in [0.1, 0.15) is 11.1 Å². The Labute approximate surface area is 131 Å². The fourth-order valence-electron chi connectivity index (χ4n) is 2.80. The predicted octanol–water partition coefficient (Wildman–Crippen LogP) is 1.69. The van der Waals surface area contributed by atoms with Gasteiger partial charge in [0.1, 0.15) is 18.5 Å². The molecule has 5 nitrogen and oxygen atoms in total. The molecule has 0 bridgehead atoms. The molecular formula is C17H23NO4. The highest BCUT2D eigenvalue weighted by Crippen LogP contribution is 2.31. The minimum Gasteiger partial charge on any atom is -0.490 e. The maximum absolute atomic E-state index is 5.92. The van der Waals surface area contributed by atoms with Gasteiger partial charge in [-0.3, -0.25) is 0 Å². The summed E-state index contributed by atoms with van der Waals surface area (Å²) in [7, 11) is 0. The zero-order chi connectivity index (χ0) is 15.1. The summed E-state index contributed by atoms with van der Waals surface area (Å²) in [6.45, 7) is 9.33. The van der Waals surface area contributed by atoms with E-state index in [9.17, 15) is 0 Å². The lowest BCUT2D eigenvalue weighted by Crippen LogP contribution is -2.31. The first-order valence-electron chi connectivity index (χ1n) is 8.03. The molecular weight excluding hydrogens is 282 g/mol. The number of rotatable bonds is 8. The van der Waals surface area contributed by atoms with Gasteiger partial charge in [0.15, 0.2) is 0 Å². The van der Waals surface area contributed by atoms with Crippen LogP contribution in [0.2, 0.25) is 0 Å². The van der Waals surface area contributed by atoms with Crippen molar-refractivity contribution >= 4 is 5.69 Å². The molecule has 0 radical (unpaired) electrons. The smallest absolute Gasteiger partial charge is 0.125 e. The highest BCUT2D eigenvalue weighted by molar-refractivity contribution is 5.57. The molecule has 0 amide bonds. The normalized spacial score (nSPS) is 28.4. The molecule has 3 atom stereocenters. The van der Waals surface area contributed by atoms with Crippen molar-refractivity contribution in [2.24, 2.45) is 0 Å². The minimum absolute atomic E-state index is 0.286. The van der Waals surface area contributed by atoms with E-state index in [1.807, 2.05) is 0 Å². The third-order valence-corrected chi connectivity index (χ3v) is 4.28. The van der Waals surface area contributed by atoms with Gasteiger partial charge < -0.3 is 23.8 Å². The molecule has 0 N–H and O–H groups in total. The van der Waals surface area contributed by atoms with Gasteiger partial charge in [-0.1, -0.05) is 0 Å². The molecule has 5 heteroatoms. The zero-order valence-electron chi connectivity index (χ0n) is 13.2. The van der Waals surface area contributed by atoms with Gasteiger partial charge in [0, 0.05) is 18.8 Å². The molecule has 0 aromatic heterocycles. The molecule has 0 saturated carbocycles. The van der Waals surface area contributed by atoms with Crippen molar-refractivity contribution in [3.8, 4) is 5.75 Å². The van der Waals surface area contributed by atoms with Crippen LogP contribution in [0, 0.1) is 13.8 Å². The van der Waals surface area contributed by atoms with E-state index in [1.54, 1.807) is 0 Å². The summed E-state index contributed by atoms with van der Waals surface area (Å²) >= 11 is 0. The van der Waals surface area contributed by atoms with Crippen molar-refractivity contribution in [3.05, 3.63) is 23.3 Å². The Balaban J connectivity index is 1.50. The van der Waals surface area contributed by atoms with Crippen LogP contribution in [-0.2, 0) is 14.2 Å². The van der Waals surface area contributed by atoms with E-state index >= 15 is 0 Å². The van der Waals surface area contributed by atoms with Crippen molar-refractivity contribution in [1.82, 2.24) is 0 Å². The van der Waals surface area contributed by atoms with E-state index in [4.69, 9.17) is 18.9 Å². The van der Waals surface area contributed by atoms with Crippen molar-refractivity contribution in [1.29, 1.82) is 0 Å². The van der Waals surface area contributed by atoms with Gasteiger partial charge in [0.25, 0.3) is 0 Å². The molecule has 3 aliphatic rings. The SMILES string of the molecule is Cc1cc(N(CC2CO2)CC2CO2)cc(C)c1OCC1CO1.